The number of hydrogen-bond donors (Lipinski definition) is 0. The molecule has 2 fully saturated rings. The zero-order valence-electron chi connectivity index (χ0n) is 9.82. The van der Waals surface area contributed by atoms with Crippen LogP contribution in [0.4, 0.5) is 0 Å². The molecule has 0 bridgehead atoms. The highest BCUT2D eigenvalue weighted by molar-refractivity contribution is 6.17. The van der Waals surface area contributed by atoms with Crippen LogP contribution in [-0.4, -0.2) is 42.5 Å². The molecule has 2 saturated heterocycles. The Bertz CT molecular complexity index is 259. The Balaban J connectivity index is 1.82. The van der Waals surface area contributed by atoms with E-state index in [1.165, 1.54) is 0 Å². The lowest BCUT2D eigenvalue weighted by atomic mass is 10.0. The summed E-state index contributed by atoms with van der Waals surface area (Å²) in [6.45, 7) is 4.45. The van der Waals surface area contributed by atoms with Crippen LogP contribution in [0.5, 0.6) is 0 Å². The summed E-state index contributed by atoms with van der Waals surface area (Å²) >= 11 is 5.73. The number of hydrogen-bond acceptors (Lipinski definition) is 2. The molecule has 0 aromatic carbocycles. The molecule has 0 saturated carbocycles. The van der Waals surface area contributed by atoms with Crippen molar-refractivity contribution in [3.8, 4) is 0 Å². The minimum atomic E-state index is 0.102. The van der Waals surface area contributed by atoms with Crippen molar-refractivity contribution in [3.05, 3.63) is 0 Å². The number of carbonyl (C=O) groups excluding carboxylic acids is 1. The van der Waals surface area contributed by atoms with Gasteiger partial charge in [0.25, 0.3) is 0 Å². The molecule has 0 aliphatic carbocycles. The number of ether oxygens (including phenoxy) is 1. The van der Waals surface area contributed by atoms with Crippen molar-refractivity contribution in [2.45, 2.75) is 32.3 Å². The van der Waals surface area contributed by atoms with Crippen LogP contribution in [0.15, 0.2) is 0 Å². The number of alkyl halides is 1. The van der Waals surface area contributed by atoms with Gasteiger partial charge in [-0.25, -0.2) is 0 Å². The van der Waals surface area contributed by atoms with Gasteiger partial charge in [0.15, 0.2) is 0 Å². The smallest absolute Gasteiger partial charge is 0.228 e. The van der Waals surface area contributed by atoms with Crippen molar-refractivity contribution in [1.82, 2.24) is 4.90 Å². The molecule has 3 atom stereocenters. The molecule has 2 heterocycles. The van der Waals surface area contributed by atoms with E-state index in [0.717, 1.165) is 32.4 Å². The van der Waals surface area contributed by atoms with Crippen molar-refractivity contribution in [3.63, 3.8) is 0 Å². The van der Waals surface area contributed by atoms with Crippen LogP contribution in [0.2, 0.25) is 0 Å². The van der Waals surface area contributed by atoms with Crippen molar-refractivity contribution >= 4 is 17.5 Å². The summed E-state index contributed by atoms with van der Waals surface area (Å²) in [7, 11) is 0. The molecule has 16 heavy (non-hydrogen) atoms. The van der Waals surface area contributed by atoms with Crippen LogP contribution in [-0.2, 0) is 9.53 Å². The SMILES string of the molecule is CC1CC(C(=O)N2CCC(CCCl)C2)CO1. The fourth-order valence-corrected chi connectivity index (χ4v) is 2.98. The summed E-state index contributed by atoms with van der Waals surface area (Å²) in [6.07, 6.45) is 3.27. The van der Waals surface area contributed by atoms with E-state index in [1.54, 1.807) is 0 Å². The summed E-state index contributed by atoms with van der Waals surface area (Å²) in [6, 6.07) is 0. The monoisotopic (exact) mass is 245 g/mol. The second kappa shape index (κ2) is 5.37. The Hall–Kier alpha value is -0.280. The normalized spacial score (nSPS) is 34.6. The van der Waals surface area contributed by atoms with Gasteiger partial charge >= 0.3 is 0 Å². The quantitative estimate of drug-likeness (QED) is 0.711. The van der Waals surface area contributed by atoms with Crippen molar-refractivity contribution in [1.29, 1.82) is 0 Å². The molecule has 0 aromatic heterocycles. The molecule has 92 valence electrons. The predicted molar refractivity (Wildman–Crippen MR) is 63.5 cm³/mol. The molecule has 3 unspecified atom stereocenters. The first-order chi connectivity index (χ1) is 7.70. The maximum Gasteiger partial charge on any atom is 0.228 e. The molecule has 2 aliphatic heterocycles. The van der Waals surface area contributed by atoms with Gasteiger partial charge in [-0.1, -0.05) is 0 Å². The van der Waals surface area contributed by atoms with Crippen LogP contribution in [0.3, 0.4) is 0 Å². The standard InChI is InChI=1S/C12H20ClNO2/c1-9-6-11(8-16-9)12(15)14-5-3-10(7-14)2-4-13/h9-11H,2-8H2,1H3. The van der Waals surface area contributed by atoms with Crippen LogP contribution in [0.25, 0.3) is 0 Å². The molecular formula is C12H20ClNO2. The largest absolute Gasteiger partial charge is 0.378 e. The topological polar surface area (TPSA) is 29.5 Å². The Kier molecular flexibility index (Phi) is 4.09. The van der Waals surface area contributed by atoms with E-state index in [0.29, 0.717) is 24.3 Å². The molecule has 0 N–H and O–H groups in total. The van der Waals surface area contributed by atoms with Gasteiger partial charge < -0.3 is 9.64 Å². The fourth-order valence-electron chi connectivity index (χ4n) is 2.67. The number of carbonyl (C=O) groups is 1. The number of rotatable bonds is 3. The number of nitrogens with zero attached hydrogens (tertiary/aromatic N) is 1. The van der Waals surface area contributed by atoms with Gasteiger partial charge in [-0.2, -0.15) is 0 Å². The first-order valence-corrected chi connectivity index (χ1v) is 6.70. The van der Waals surface area contributed by atoms with E-state index in [9.17, 15) is 4.79 Å². The Morgan fingerprint density at radius 1 is 1.56 bits per heavy atom. The van der Waals surface area contributed by atoms with Crippen molar-refractivity contribution < 1.29 is 9.53 Å². The molecule has 0 aromatic rings. The number of likely N-dealkylation sites (tertiary alicyclic amines) is 1. The molecule has 3 nitrogen and oxygen atoms in total. The zero-order chi connectivity index (χ0) is 11.5. The summed E-state index contributed by atoms with van der Waals surface area (Å²) < 4.78 is 5.45. The maximum atomic E-state index is 12.2. The van der Waals surface area contributed by atoms with Crippen molar-refractivity contribution in [2.24, 2.45) is 11.8 Å². The summed E-state index contributed by atoms with van der Waals surface area (Å²) in [5.74, 6) is 1.71. The van der Waals surface area contributed by atoms with Crippen LogP contribution in [0, 0.1) is 11.8 Å². The highest BCUT2D eigenvalue weighted by atomic mass is 35.5. The van der Waals surface area contributed by atoms with E-state index in [2.05, 4.69) is 0 Å². The minimum absolute atomic E-state index is 0.102. The predicted octanol–water partition coefficient (Wildman–Crippen LogP) is 1.89. The van der Waals surface area contributed by atoms with Gasteiger partial charge in [0, 0.05) is 19.0 Å². The minimum Gasteiger partial charge on any atom is -0.378 e. The molecule has 4 heteroatoms. The maximum absolute atomic E-state index is 12.2. The van der Waals surface area contributed by atoms with Gasteiger partial charge in [0.05, 0.1) is 18.6 Å². The molecule has 0 spiro atoms. The third kappa shape index (κ3) is 2.69. The average molecular weight is 246 g/mol. The Labute approximate surface area is 102 Å². The molecule has 0 radical (unpaired) electrons. The van der Waals surface area contributed by atoms with E-state index in [4.69, 9.17) is 16.3 Å². The summed E-state index contributed by atoms with van der Waals surface area (Å²) in [4.78, 5) is 14.2. The van der Waals surface area contributed by atoms with E-state index in [-0.39, 0.29) is 12.0 Å². The fraction of sp³-hybridized carbons (Fsp3) is 0.917. The second-order valence-corrected chi connectivity index (χ2v) is 5.37. The van der Waals surface area contributed by atoms with Crippen LogP contribution < -0.4 is 0 Å². The summed E-state index contributed by atoms with van der Waals surface area (Å²) in [5, 5.41) is 0. The van der Waals surface area contributed by atoms with E-state index < -0.39 is 0 Å². The van der Waals surface area contributed by atoms with Gasteiger partial charge in [0.1, 0.15) is 0 Å². The van der Waals surface area contributed by atoms with Crippen LogP contribution >= 0.6 is 11.6 Å². The first kappa shape index (κ1) is 12.2. The molecule has 2 aliphatic rings. The lowest BCUT2D eigenvalue weighted by Crippen LogP contribution is -2.34. The molecule has 2 rings (SSSR count). The Morgan fingerprint density at radius 2 is 2.38 bits per heavy atom. The van der Waals surface area contributed by atoms with Gasteiger partial charge in [-0.05, 0) is 32.1 Å². The second-order valence-electron chi connectivity index (χ2n) is 4.99. The van der Waals surface area contributed by atoms with Gasteiger partial charge in [-0.15, -0.1) is 11.6 Å². The average Bonchev–Trinajstić information content (AvgIpc) is 2.87. The molecule has 1 amide bonds. The van der Waals surface area contributed by atoms with E-state index in [1.807, 2.05) is 11.8 Å². The van der Waals surface area contributed by atoms with Crippen molar-refractivity contribution in [2.75, 3.05) is 25.6 Å². The highest BCUT2D eigenvalue weighted by Gasteiger charge is 2.34. The first-order valence-electron chi connectivity index (χ1n) is 6.17. The van der Waals surface area contributed by atoms with Crippen LogP contribution in [0.1, 0.15) is 26.2 Å². The number of amides is 1. The number of halogens is 1. The van der Waals surface area contributed by atoms with E-state index >= 15 is 0 Å². The lowest BCUT2D eigenvalue weighted by molar-refractivity contribution is -0.134. The summed E-state index contributed by atoms with van der Waals surface area (Å²) in [5.41, 5.74) is 0. The highest BCUT2D eigenvalue weighted by Crippen LogP contribution is 2.26. The lowest BCUT2D eigenvalue weighted by Gasteiger charge is -2.19. The third-order valence-corrected chi connectivity index (χ3v) is 3.88. The Morgan fingerprint density at radius 3 is 3.00 bits per heavy atom. The van der Waals surface area contributed by atoms with Gasteiger partial charge in [-0.3, -0.25) is 4.79 Å². The van der Waals surface area contributed by atoms with Gasteiger partial charge in [0.2, 0.25) is 5.91 Å². The third-order valence-electron chi connectivity index (χ3n) is 3.66. The molecular weight excluding hydrogens is 226 g/mol. The zero-order valence-corrected chi connectivity index (χ0v) is 10.6.